The molecule has 2 fully saturated rings. The molecule has 0 saturated carbocycles. The number of halogens is 2. The van der Waals surface area contributed by atoms with E-state index in [1.54, 1.807) is 18.5 Å². The number of nitrogens with zero attached hydrogens (tertiary/aromatic N) is 6. The first kappa shape index (κ1) is 29.8. The molecule has 13 heteroatoms. The first-order valence-electron chi connectivity index (χ1n) is 13.7. The van der Waals surface area contributed by atoms with Crippen LogP contribution in [0, 0.1) is 5.92 Å². The summed E-state index contributed by atoms with van der Waals surface area (Å²) >= 11 is 12.6. The van der Waals surface area contributed by atoms with Gasteiger partial charge in [-0.1, -0.05) is 23.2 Å². The number of rotatable bonds is 8. The SMILES string of the molecule is COC(=O)CC1CCN(Cc2cc(Oc3cnc(N4CCN(C(=O)O)CC4)nc3)nc(-c3cc(Cl)cc(Cl)c3)c2)CC1. The predicted octanol–water partition coefficient (Wildman–Crippen LogP) is 5.21. The fourth-order valence-electron chi connectivity index (χ4n) is 5.22. The zero-order valence-corrected chi connectivity index (χ0v) is 24.7. The Labute approximate surface area is 254 Å². The monoisotopic (exact) mass is 614 g/mol. The van der Waals surface area contributed by atoms with Crippen LogP contribution in [0.3, 0.4) is 0 Å². The van der Waals surface area contributed by atoms with Crippen molar-refractivity contribution >= 4 is 41.2 Å². The fourth-order valence-corrected chi connectivity index (χ4v) is 5.75. The average molecular weight is 616 g/mol. The Bertz CT molecular complexity index is 1390. The van der Waals surface area contributed by atoms with E-state index < -0.39 is 6.09 Å². The standard InChI is InChI=1S/C29H32Cl2N6O5/c1-41-27(38)12-19-2-4-35(5-3-19)18-20-10-25(21-13-22(30)15-23(31)14-21)34-26(11-20)42-24-16-32-28(33-17-24)36-6-8-37(9-7-36)29(39)40/h10-11,13-17,19H,2-9,12,18H2,1H3,(H,39,40). The number of benzene rings is 1. The van der Waals surface area contributed by atoms with Crippen LogP contribution in [0.15, 0.2) is 42.7 Å². The van der Waals surface area contributed by atoms with Crippen LogP contribution < -0.4 is 9.64 Å². The topological polar surface area (TPSA) is 121 Å². The molecule has 2 aliphatic heterocycles. The second-order valence-electron chi connectivity index (χ2n) is 10.4. The third kappa shape index (κ3) is 7.78. The number of piperidine rings is 1. The molecular weight excluding hydrogens is 583 g/mol. The van der Waals surface area contributed by atoms with Gasteiger partial charge in [-0.25, -0.2) is 19.7 Å². The van der Waals surface area contributed by atoms with Gasteiger partial charge in [0.15, 0.2) is 5.75 Å². The molecule has 42 heavy (non-hydrogen) atoms. The van der Waals surface area contributed by atoms with Crippen molar-refractivity contribution in [1.29, 1.82) is 0 Å². The number of hydrogen-bond acceptors (Lipinski definition) is 9. The number of esters is 1. The van der Waals surface area contributed by atoms with Gasteiger partial charge in [0.25, 0.3) is 0 Å². The van der Waals surface area contributed by atoms with Gasteiger partial charge < -0.3 is 24.4 Å². The van der Waals surface area contributed by atoms with Crippen molar-refractivity contribution in [2.75, 3.05) is 51.3 Å². The number of methoxy groups -OCH3 is 1. The largest absolute Gasteiger partial charge is 0.469 e. The number of amides is 1. The van der Waals surface area contributed by atoms with Gasteiger partial charge in [-0.2, -0.15) is 0 Å². The van der Waals surface area contributed by atoms with Crippen molar-refractivity contribution in [3.05, 3.63) is 58.3 Å². The van der Waals surface area contributed by atoms with E-state index in [1.807, 2.05) is 29.2 Å². The number of piperazine rings is 1. The maximum atomic E-state index is 11.7. The third-order valence-electron chi connectivity index (χ3n) is 7.49. The number of carbonyl (C=O) groups is 2. The summed E-state index contributed by atoms with van der Waals surface area (Å²) in [6, 6.07) is 9.20. The molecule has 0 atom stereocenters. The second kappa shape index (κ2) is 13.5. The molecular formula is C29H32Cl2N6O5. The highest BCUT2D eigenvalue weighted by Crippen LogP contribution is 2.31. The van der Waals surface area contributed by atoms with Crippen LogP contribution in [0.4, 0.5) is 10.7 Å². The Morgan fingerprint density at radius 3 is 2.24 bits per heavy atom. The van der Waals surface area contributed by atoms with Gasteiger partial charge in [-0.3, -0.25) is 9.69 Å². The van der Waals surface area contributed by atoms with Gasteiger partial charge in [0.05, 0.1) is 25.2 Å². The number of ether oxygens (including phenoxy) is 2. The molecule has 4 heterocycles. The maximum Gasteiger partial charge on any atom is 0.407 e. The molecule has 0 radical (unpaired) electrons. The summed E-state index contributed by atoms with van der Waals surface area (Å²) < 4.78 is 11.0. The van der Waals surface area contributed by atoms with E-state index in [-0.39, 0.29) is 5.97 Å². The Morgan fingerprint density at radius 2 is 1.62 bits per heavy atom. The van der Waals surface area contributed by atoms with E-state index in [9.17, 15) is 14.7 Å². The first-order chi connectivity index (χ1) is 20.2. The van der Waals surface area contributed by atoms with Crippen molar-refractivity contribution in [2.45, 2.75) is 25.8 Å². The molecule has 222 valence electrons. The van der Waals surface area contributed by atoms with Gasteiger partial charge in [0.2, 0.25) is 11.8 Å². The van der Waals surface area contributed by atoms with Crippen LogP contribution in [0.25, 0.3) is 11.3 Å². The lowest BCUT2D eigenvalue weighted by Crippen LogP contribution is -2.48. The van der Waals surface area contributed by atoms with Crippen LogP contribution >= 0.6 is 23.2 Å². The van der Waals surface area contributed by atoms with Gasteiger partial charge >= 0.3 is 12.1 Å². The molecule has 2 saturated heterocycles. The number of carboxylic acid groups (broad SMARTS) is 1. The highest BCUT2D eigenvalue weighted by atomic mass is 35.5. The van der Waals surface area contributed by atoms with E-state index in [1.165, 1.54) is 12.0 Å². The van der Waals surface area contributed by atoms with Gasteiger partial charge in [0.1, 0.15) is 0 Å². The van der Waals surface area contributed by atoms with Crippen LogP contribution in [-0.4, -0.2) is 88.3 Å². The normalized spacial score (nSPS) is 16.4. The van der Waals surface area contributed by atoms with Crippen LogP contribution in [0.1, 0.15) is 24.8 Å². The lowest BCUT2D eigenvalue weighted by molar-refractivity contribution is -0.142. The summed E-state index contributed by atoms with van der Waals surface area (Å²) in [5, 5.41) is 10.2. The number of pyridine rings is 1. The summed E-state index contributed by atoms with van der Waals surface area (Å²) in [6.07, 6.45) is 4.56. The van der Waals surface area contributed by atoms with Gasteiger partial charge in [0, 0.05) is 60.8 Å². The summed E-state index contributed by atoms with van der Waals surface area (Å²) in [4.78, 5) is 42.1. The van der Waals surface area contributed by atoms with Crippen molar-refractivity contribution in [2.24, 2.45) is 5.92 Å². The molecule has 0 bridgehead atoms. The van der Waals surface area contributed by atoms with Crippen molar-refractivity contribution in [3.8, 4) is 22.9 Å². The first-order valence-corrected chi connectivity index (χ1v) is 14.5. The summed E-state index contributed by atoms with van der Waals surface area (Å²) in [5.41, 5.74) is 2.44. The Hall–Kier alpha value is -3.67. The molecule has 2 aromatic heterocycles. The molecule has 1 aromatic carbocycles. The lowest BCUT2D eigenvalue weighted by atomic mass is 9.93. The minimum atomic E-state index is -0.920. The molecule has 5 rings (SSSR count). The van der Waals surface area contributed by atoms with E-state index in [2.05, 4.69) is 14.9 Å². The molecule has 1 amide bonds. The molecule has 3 aromatic rings. The Kier molecular flexibility index (Phi) is 9.61. The number of carbonyl (C=O) groups excluding carboxylic acids is 1. The van der Waals surface area contributed by atoms with Crippen LogP contribution in [0.2, 0.25) is 10.0 Å². The minimum Gasteiger partial charge on any atom is -0.469 e. The Balaban J connectivity index is 1.31. The van der Waals surface area contributed by atoms with Crippen molar-refractivity contribution in [1.82, 2.24) is 24.8 Å². The highest BCUT2D eigenvalue weighted by Gasteiger charge is 2.23. The molecule has 0 unspecified atom stereocenters. The Morgan fingerprint density at radius 1 is 0.952 bits per heavy atom. The van der Waals surface area contributed by atoms with Crippen molar-refractivity contribution < 1.29 is 24.2 Å². The van der Waals surface area contributed by atoms with E-state index in [0.717, 1.165) is 37.1 Å². The van der Waals surface area contributed by atoms with E-state index >= 15 is 0 Å². The predicted molar refractivity (Wildman–Crippen MR) is 158 cm³/mol. The van der Waals surface area contributed by atoms with Gasteiger partial charge in [-0.05, 0) is 61.7 Å². The van der Waals surface area contributed by atoms with Crippen LogP contribution in [-0.2, 0) is 16.1 Å². The third-order valence-corrected chi connectivity index (χ3v) is 7.92. The second-order valence-corrected chi connectivity index (χ2v) is 11.3. The quantitative estimate of drug-likeness (QED) is 0.338. The zero-order valence-electron chi connectivity index (χ0n) is 23.2. The minimum absolute atomic E-state index is 0.160. The number of anilines is 1. The van der Waals surface area contributed by atoms with E-state index in [4.69, 9.17) is 37.7 Å². The number of likely N-dealkylation sites (tertiary alicyclic amines) is 1. The van der Waals surface area contributed by atoms with Crippen molar-refractivity contribution in [3.63, 3.8) is 0 Å². The zero-order chi connectivity index (χ0) is 29.6. The fraction of sp³-hybridized carbons (Fsp3) is 0.414. The van der Waals surface area contributed by atoms with E-state index in [0.29, 0.717) is 78.4 Å². The highest BCUT2D eigenvalue weighted by molar-refractivity contribution is 6.35. The molecule has 0 aliphatic carbocycles. The van der Waals surface area contributed by atoms with Gasteiger partial charge in [-0.15, -0.1) is 0 Å². The lowest BCUT2D eigenvalue weighted by Gasteiger charge is -2.32. The molecule has 11 nitrogen and oxygen atoms in total. The number of hydrogen-bond donors (Lipinski definition) is 1. The molecule has 1 N–H and O–H groups in total. The number of aromatic nitrogens is 3. The summed E-state index contributed by atoms with van der Waals surface area (Å²) in [5.74, 6) is 1.49. The average Bonchev–Trinajstić information content (AvgIpc) is 2.98. The summed E-state index contributed by atoms with van der Waals surface area (Å²) in [6.45, 7) is 4.24. The smallest absolute Gasteiger partial charge is 0.407 e. The molecule has 2 aliphatic rings. The summed E-state index contributed by atoms with van der Waals surface area (Å²) in [7, 11) is 1.43. The maximum absolute atomic E-state index is 11.7. The van der Waals surface area contributed by atoms with Crippen LogP contribution in [0.5, 0.6) is 11.6 Å². The molecule has 0 spiro atoms.